The van der Waals surface area contributed by atoms with Gasteiger partial charge in [-0.3, -0.25) is 9.59 Å². The minimum atomic E-state index is -3.61. The van der Waals surface area contributed by atoms with E-state index in [0.717, 1.165) is 19.3 Å². The molecule has 1 aliphatic rings. The summed E-state index contributed by atoms with van der Waals surface area (Å²) >= 11 is 0. The third kappa shape index (κ3) is 7.40. The number of likely N-dealkylation sites (tertiary alicyclic amines) is 1. The van der Waals surface area contributed by atoms with Gasteiger partial charge in [-0.2, -0.15) is 0 Å². The summed E-state index contributed by atoms with van der Waals surface area (Å²) < 4.78 is 27.9. The molecule has 33 heavy (non-hydrogen) atoms. The van der Waals surface area contributed by atoms with Crippen LogP contribution in [-0.2, 0) is 14.8 Å². The molecule has 0 spiro atoms. The number of nitrogens with one attached hydrogen (secondary N) is 2. The number of hydrogen-bond donors (Lipinski definition) is 2. The molecule has 1 fully saturated rings. The molecule has 0 aromatic heterocycles. The van der Waals surface area contributed by atoms with Crippen molar-refractivity contribution in [3.63, 3.8) is 0 Å². The molecule has 8 heteroatoms. The van der Waals surface area contributed by atoms with Crippen LogP contribution in [0.3, 0.4) is 0 Å². The van der Waals surface area contributed by atoms with E-state index in [-0.39, 0.29) is 22.6 Å². The van der Waals surface area contributed by atoms with Gasteiger partial charge in [-0.25, -0.2) is 13.1 Å². The summed E-state index contributed by atoms with van der Waals surface area (Å²) in [6, 6.07) is 15.5. The molecule has 1 aliphatic heterocycles. The van der Waals surface area contributed by atoms with E-state index in [1.54, 1.807) is 12.1 Å². The van der Waals surface area contributed by atoms with E-state index >= 15 is 0 Å². The first-order chi connectivity index (χ1) is 15.7. The van der Waals surface area contributed by atoms with Crippen LogP contribution >= 0.6 is 0 Å². The lowest BCUT2D eigenvalue weighted by molar-refractivity contribution is -0.116. The number of amides is 2. The number of anilines is 1. The van der Waals surface area contributed by atoms with Crippen molar-refractivity contribution >= 4 is 27.5 Å². The zero-order valence-electron chi connectivity index (χ0n) is 19.3. The van der Waals surface area contributed by atoms with Gasteiger partial charge in [-0.05, 0) is 67.5 Å². The van der Waals surface area contributed by atoms with E-state index < -0.39 is 10.0 Å². The van der Waals surface area contributed by atoms with Crippen molar-refractivity contribution in [2.24, 2.45) is 11.8 Å². The fourth-order valence-electron chi connectivity index (χ4n) is 3.97. The van der Waals surface area contributed by atoms with Crippen LogP contribution in [0.15, 0.2) is 59.5 Å². The molecule has 1 saturated heterocycles. The fraction of sp³-hybridized carbons (Fsp3) is 0.440. The van der Waals surface area contributed by atoms with Crippen molar-refractivity contribution in [1.29, 1.82) is 0 Å². The van der Waals surface area contributed by atoms with E-state index in [1.807, 2.05) is 49.1 Å². The van der Waals surface area contributed by atoms with Crippen molar-refractivity contribution in [2.45, 2.75) is 44.4 Å². The SMILES string of the molecule is CC(C)CC(=O)Nc1ccc(S(=O)(=O)NCCC2CCN(C(=O)c3ccccc3)CC2)cc1. The average Bonchev–Trinajstić information content (AvgIpc) is 2.79. The molecule has 0 atom stereocenters. The standard InChI is InChI=1S/C25H33N3O4S/c1-19(2)18-24(29)27-22-8-10-23(11-9-22)33(31,32)26-15-12-20-13-16-28(17-14-20)25(30)21-6-4-3-5-7-21/h3-11,19-20,26H,12-18H2,1-2H3,(H,27,29). The zero-order chi connectivity index (χ0) is 23.8. The molecule has 3 rings (SSSR count). The Labute approximate surface area is 196 Å². The Balaban J connectivity index is 1.43. The minimum Gasteiger partial charge on any atom is -0.339 e. The second-order valence-corrected chi connectivity index (χ2v) is 10.7. The van der Waals surface area contributed by atoms with Gasteiger partial charge in [0.25, 0.3) is 5.91 Å². The lowest BCUT2D eigenvalue weighted by Crippen LogP contribution is -2.39. The Hall–Kier alpha value is -2.71. The molecule has 7 nitrogen and oxygen atoms in total. The molecule has 0 aliphatic carbocycles. The van der Waals surface area contributed by atoms with E-state index in [0.29, 0.717) is 43.2 Å². The van der Waals surface area contributed by atoms with Gasteiger partial charge < -0.3 is 10.2 Å². The van der Waals surface area contributed by atoms with Crippen molar-refractivity contribution in [2.75, 3.05) is 25.0 Å². The molecule has 0 radical (unpaired) electrons. The first-order valence-corrected chi connectivity index (χ1v) is 13.0. The van der Waals surface area contributed by atoms with Crippen LogP contribution in [0.4, 0.5) is 5.69 Å². The van der Waals surface area contributed by atoms with Gasteiger partial charge in [-0.1, -0.05) is 32.0 Å². The zero-order valence-corrected chi connectivity index (χ0v) is 20.1. The predicted octanol–water partition coefficient (Wildman–Crippen LogP) is 3.89. The van der Waals surface area contributed by atoms with Gasteiger partial charge in [0, 0.05) is 37.3 Å². The summed E-state index contributed by atoms with van der Waals surface area (Å²) in [5, 5.41) is 2.78. The van der Waals surface area contributed by atoms with Crippen LogP contribution < -0.4 is 10.0 Å². The van der Waals surface area contributed by atoms with Crippen LogP contribution in [0, 0.1) is 11.8 Å². The highest BCUT2D eigenvalue weighted by Gasteiger charge is 2.24. The van der Waals surface area contributed by atoms with E-state index in [9.17, 15) is 18.0 Å². The monoisotopic (exact) mass is 471 g/mol. The molecule has 2 amide bonds. The van der Waals surface area contributed by atoms with Crippen LogP contribution in [0.1, 0.15) is 49.9 Å². The average molecular weight is 472 g/mol. The number of piperidine rings is 1. The minimum absolute atomic E-state index is 0.0543. The van der Waals surface area contributed by atoms with Gasteiger partial charge in [0.1, 0.15) is 0 Å². The number of rotatable bonds is 9. The summed E-state index contributed by atoms with van der Waals surface area (Å²) in [5.41, 5.74) is 1.28. The summed E-state index contributed by atoms with van der Waals surface area (Å²) in [7, 11) is -3.61. The highest BCUT2D eigenvalue weighted by molar-refractivity contribution is 7.89. The second kappa shape index (κ2) is 11.4. The molecule has 0 saturated carbocycles. The lowest BCUT2D eigenvalue weighted by atomic mass is 9.93. The molecule has 2 N–H and O–H groups in total. The highest BCUT2D eigenvalue weighted by Crippen LogP contribution is 2.22. The number of carbonyl (C=O) groups is 2. The van der Waals surface area contributed by atoms with Crippen LogP contribution in [-0.4, -0.2) is 44.8 Å². The Bertz CT molecular complexity index is 1030. The Morgan fingerprint density at radius 2 is 1.64 bits per heavy atom. The van der Waals surface area contributed by atoms with Crippen LogP contribution in [0.5, 0.6) is 0 Å². The largest absolute Gasteiger partial charge is 0.339 e. The first-order valence-electron chi connectivity index (χ1n) is 11.5. The van der Waals surface area contributed by atoms with Crippen molar-refractivity contribution in [3.8, 4) is 0 Å². The Morgan fingerprint density at radius 3 is 2.24 bits per heavy atom. The smallest absolute Gasteiger partial charge is 0.253 e. The first kappa shape index (κ1) is 24.9. The third-order valence-corrected chi connectivity index (χ3v) is 7.29. The summed E-state index contributed by atoms with van der Waals surface area (Å²) in [6.45, 7) is 5.67. The lowest BCUT2D eigenvalue weighted by Gasteiger charge is -2.32. The van der Waals surface area contributed by atoms with Gasteiger partial charge in [0.05, 0.1) is 4.90 Å². The van der Waals surface area contributed by atoms with Gasteiger partial charge in [0.2, 0.25) is 15.9 Å². The van der Waals surface area contributed by atoms with Gasteiger partial charge in [0.15, 0.2) is 0 Å². The maximum Gasteiger partial charge on any atom is 0.253 e. The Morgan fingerprint density at radius 1 is 1.00 bits per heavy atom. The van der Waals surface area contributed by atoms with E-state index in [1.165, 1.54) is 12.1 Å². The molecule has 0 unspecified atom stereocenters. The number of benzene rings is 2. The van der Waals surface area contributed by atoms with E-state index in [4.69, 9.17) is 0 Å². The van der Waals surface area contributed by atoms with Crippen molar-refractivity contribution in [1.82, 2.24) is 9.62 Å². The molecule has 2 aromatic carbocycles. The number of carbonyl (C=O) groups excluding carboxylic acids is 2. The van der Waals surface area contributed by atoms with Gasteiger partial charge in [-0.15, -0.1) is 0 Å². The molecule has 0 bridgehead atoms. The molecule has 178 valence electrons. The molecule has 1 heterocycles. The normalized spacial score (nSPS) is 14.9. The highest BCUT2D eigenvalue weighted by atomic mass is 32.2. The third-order valence-electron chi connectivity index (χ3n) is 5.81. The summed E-state index contributed by atoms with van der Waals surface area (Å²) in [6.07, 6.45) is 2.88. The van der Waals surface area contributed by atoms with Crippen LogP contribution in [0.2, 0.25) is 0 Å². The molecule has 2 aromatic rings. The number of sulfonamides is 1. The quantitative estimate of drug-likeness (QED) is 0.580. The van der Waals surface area contributed by atoms with E-state index in [2.05, 4.69) is 10.0 Å². The maximum absolute atomic E-state index is 12.6. The molecular weight excluding hydrogens is 438 g/mol. The number of hydrogen-bond acceptors (Lipinski definition) is 4. The second-order valence-electron chi connectivity index (χ2n) is 8.96. The number of nitrogens with zero attached hydrogens (tertiary/aromatic N) is 1. The van der Waals surface area contributed by atoms with Crippen molar-refractivity contribution in [3.05, 3.63) is 60.2 Å². The topological polar surface area (TPSA) is 95.6 Å². The fourth-order valence-corrected chi connectivity index (χ4v) is 5.02. The van der Waals surface area contributed by atoms with Gasteiger partial charge >= 0.3 is 0 Å². The predicted molar refractivity (Wildman–Crippen MR) is 129 cm³/mol. The van der Waals surface area contributed by atoms with Crippen LogP contribution in [0.25, 0.3) is 0 Å². The summed E-state index contributed by atoms with van der Waals surface area (Å²) in [4.78, 5) is 26.5. The summed E-state index contributed by atoms with van der Waals surface area (Å²) in [5.74, 6) is 0.602. The van der Waals surface area contributed by atoms with Crippen molar-refractivity contribution < 1.29 is 18.0 Å². The maximum atomic E-state index is 12.6. The molecular formula is C25H33N3O4S. The Kier molecular flexibility index (Phi) is 8.63.